The number of rotatable bonds is 4. The maximum atomic E-state index is 14.1. The zero-order valence-corrected chi connectivity index (χ0v) is 15.8. The molecule has 1 amide bonds. The van der Waals surface area contributed by atoms with Gasteiger partial charge in [-0.1, -0.05) is 31.0 Å². The summed E-state index contributed by atoms with van der Waals surface area (Å²) in [6, 6.07) is 6.03. The van der Waals surface area contributed by atoms with Gasteiger partial charge >= 0.3 is 0 Å². The summed E-state index contributed by atoms with van der Waals surface area (Å²) in [5.41, 5.74) is 0.220. The Morgan fingerprint density at radius 3 is 2.60 bits per heavy atom. The fourth-order valence-corrected chi connectivity index (χ4v) is 6.64. The third kappa shape index (κ3) is 4.56. The van der Waals surface area contributed by atoms with Gasteiger partial charge in [-0.05, 0) is 25.3 Å². The van der Waals surface area contributed by atoms with Crippen LogP contribution in [-0.2, 0) is 14.6 Å². The van der Waals surface area contributed by atoms with Crippen LogP contribution in [0.2, 0.25) is 0 Å². The van der Waals surface area contributed by atoms with Crippen molar-refractivity contribution in [1.82, 2.24) is 4.90 Å². The molecule has 4 nitrogen and oxygen atoms in total. The van der Waals surface area contributed by atoms with Crippen molar-refractivity contribution in [3.63, 3.8) is 0 Å². The van der Waals surface area contributed by atoms with Gasteiger partial charge < -0.3 is 4.90 Å². The van der Waals surface area contributed by atoms with E-state index in [1.54, 1.807) is 28.8 Å². The van der Waals surface area contributed by atoms with Crippen LogP contribution in [0.25, 0.3) is 0 Å². The van der Waals surface area contributed by atoms with Gasteiger partial charge in [-0.2, -0.15) is 0 Å². The van der Waals surface area contributed by atoms with E-state index in [2.05, 4.69) is 0 Å². The lowest BCUT2D eigenvalue weighted by molar-refractivity contribution is -0.128. The molecule has 1 aromatic carbocycles. The van der Waals surface area contributed by atoms with Gasteiger partial charge in [-0.15, -0.1) is 11.8 Å². The maximum Gasteiger partial charge on any atom is 0.232 e. The van der Waals surface area contributed by atoms with Crippen LogP contribution in [-0.4, -0.2) is 49.1 Å². The molecule has 0 unspecified atom stereocenters. The molecule has 0 aromatic heterocycles. The van der Waals surface area contributed by atoms with E-state index in [0.717, 1.165) is 0 Å². The van der Waals surface area contributed by atoms with Gasteiger partial charge in [0.25, 0.3) is 0 Å². The molecule has 0 radical (unpaired) electrons. The molecule has 1 aliphatic carbocycles. The average molecular weight is 386 g/mol. The smallest absolute Gasteiger partial charge is 0.232 e. The molecular formula is C18H24FNO3S2. The van der Waals surface area contributed by atoms with E-state index in [-0.39, 0.29) is 30.2 Å². The first-order chi connectivity index (χ1) is 12.0. The molecule has 0 N–H and O–H groups in total. The van der Waals surface area contributed by atoms with E-state index in [4.69, 9.17) is 0 Å². The number of sulfone groups is 1. The van der Waals surface area contributed by atoms with Crippen molar-refractivity contribution in [2.45, 2.75) is 42.6 Å². The van der Waals surface area contributed by atoms with Crippen molar-refractivity contribution >= 4 is 27.5 Å². The normalized spacial score (nSPS) is 24.2. The van der Waals surface area contributed by atoms with E-state index in [0.29, 0.717) is 17.5 Å². The molecule has 1 aromatic rings. The van der Waals surface area contributed by atoms with Crippen LogP contribution < -0.4 is 0 Å². The van der Waals surface area contributed by atoms with Crippen LogP contribution in [0.4, 0.5) is 4.39 Å². The number of halogens is 1. The highest BCUT2D eigenvalue weighted by atomic mass is 32.2. The molecule has 7 heteroatoms. The number of thioether (sulfide) groups is 1. The first-order valence-corrected chi connectivity index (χ1v) is 11.6. The van der Waals surface area contributed by atoms with Gasteiger partial charge in [0.15, 0.2) is 9.84 Å². The van der Waals surface area contributed by atoms with Crippen LogP contribution in [0.3, 0.4) is 0 Å². The number of carbonyl (C=O) groups excluding carboxylic acids is 1. The van der Waals surface area contributed by atoms with Crippen molar-refractivity contribution in [3.05, 3.63) is 35.6 Å². The Balaban J connectivity index is 1.65. The summed E-state index contributed by atoms with van der Waals surface area (Å²) >= 11 is 1.69. The minimum absolute atomic E-state index is 0.00119. The van der Waals surface area contributed by atoms with E-state index < -0.39 is 20.9 Å². The molecule has 1 saturated heterocycles. The summed E-state index contributed by atoms with van der Waals surface area (Å²) in [4.78, 5) is 14.1. The number of benzene rings is 1. The molecule has 0 bridgehead atoms. The third-order valence-corrected chi connectivity index (χ3v) is 8.55. The number of hydrogen-bond donors (Lipinski definition) is 0. The fraction of sp³-hybridized carbons (Fsp3) is 0.611. The molecule has 1 atom stereocenters. The lowest BCUT2D eigenvalue weighted by Gasteiger charge is -2.20. The second kappa shape index (κ2) is 8.08. The summed E-state index contributed by atoms with van der Waals surface area (Å²) in [6.07, 6.45) is 5.06. The molecule has 0 spiro atoms. The third-order valence-electron chi connectivity index (χ3n) is 5.09. The molecule has 2 fully saturated rings. The van der Waals surface area contributed by atoms with Crippen molar-refractivity contribution < 1.29 is 17.6 Å². The SMILES string of the molecule is O=C(CSC1CCCC1)N1CC[C@H](c2ccccc2F)S(=O)(=O)CC1. The lowest BCUT2D eigenvalue weighted by atomic mass is 10.1. The van der Waals surface area contributed by atoms with Crippen LogP contribution in [0.5, 0.6) is 0 Å². The average Bonchev–Trinajstić information content (AvgIpc) is 3.05. The van der Waals surface area contributed by atoms with Gasteiger partial charge in [-0.3, -0.25) is 4.79 Å². The van der Waals surface area contributed by atoms with Crippen LogP contribution in [0, 0.1) is 5.82 Å². The standard InChI is InChI=1S/C18H24FNO3S2/c19-16-8-4-3-7-15(16)17-9-10-20(11-12-25(17,22)23)18(21)13-24-14-5-1-2-6-14/h3-4,7-8,14,17H,1-2,5-6,9-13H2/t17-/m1/s1. The molecule has 2 aliphatic rings. The Kier molecular flexibility index (Phi) is 6.04. The van der Waals surface area contributed by atoms with E-state index in [1.165, 1.54) is 37.8 Å². The zero-order chi connectivity index (χ0) is 17.9. The molecule has 1 aliphatic heterocycles. The summed E-state index contributed by atoms with van der Waals surface area (Å²) in [5.74, 6) is -0.185. The maximum absolute atomic E-state index is 14.1. The number of hydrogen-bond acceptors (Lipinski definition) is 4. The fourth-order valence-electron chi connectivity index (χ4n) is 3.61. The second-order valence-corrected chi connectivity index (χ2v) is 10.4. The number of amides is 1. The van der Waals surface area contributed by atoms with E-state index in [1.807, 2.05) is 0 Å². The van der Waals surface area contributed by atoms with Crippen molar-refractivity contribution in [2.24, 2.45) is 0 Å². The van der Waals surface area contributed by atoms with Gasteiger partial charge in [0, 0.05) is 23.9 Å². The highest BCUT2D eigenvalue weighted by molar-refractivity contribution is 8.00. The lowest BCUT2D eigenvalue weighted by Crippen LogP contribution is -2.35. The molecular weight excluding hydrogens is 361 g/mol. The minimum Gasteiger partial charge on any atom is -0.341 e. The van der Waals surface area contributed by atoms with E-state index >= 15 is 0 Å². The van der Waals surface area contributed by atoms with Gasteiger partial charge in [0.2, 0.25) is 5.91 Å². The van der Waals surface area contributed by atoms with E-state index in [9.17, 15) is 17.6 Å². The predicted molar refractivity (Wildman–Crippen MR) is 98.8 cm³/mol. The molecule has 3 rings (SSSR count). The summed E-state index contributed by atoms with van der Waals surface area (Å²) < 4.78 is 39.2. The van der Waals surface area contributed by atoms with Crippen molar-refractivity contribution in [2.75, 3.05) is 24.6 Å². The quantitative estimate of drug-likeness (QED) is 0.799. The van der Waals surface area contributed by atoms with Gasteiger partial charge in [-0.25, -0.2) is 12.8 Å². The Labute approximate surface area is 153 Å². The number of nitrogens with zero attached hydrogens (tertiary/aromatic N) is 1. The van der Waals surface area contributed by atoms with Crippen molar-refractivity contribution in [1.29, 1.82) is 0 Å². The zero-order valence-electron chi connectivity index (χ0n) is 14.2. The second-order valence-electron chi connectivity index (χ2n) is 6.76. The minimum atomic E-state index is -3.47. The van der Waals surface area contributed by atoms with Crippen LogP contribution in [0.1, 0.15) is 42.9 Å². The van der Waals surface area contributed by atoms with Crippen LogP contribution in [0.15, 0.2) is 24.3 Å². The molecule has 1 heterocycles. The topological polar surface area (TPSA) is 54.5 Å². The predicted octanol–water partition coefficient (Wildman–Crippen LogP) is 3.19. The first kappa shape index (κ1) is 18.7. The molecule has 138 valence electrons. The van der Waals surface area contributed by atoms with Crippen LogP contribution >= 0.6 is 11.8 Å². The Morgan fingerprint density at radius 2 is 1.88 bits per heavy atom. The highest BCUT2D eigenvalue weighted by Gasteiger charge is 2.34. The number of carbonyl (C=O) groups is 1. The van der Waals surface area contributed by atoms with Crippen molar-refractivity contribution in [3.8, 4) is 0 Å². The highest BCUT2D eigenvalue weighted by Crippen LogP contribution is 2.32. The van der Waals surface area contributed by atoms with Gasteiger partial charge in [0.05, 0.1) is 16.8 Å². The summed E-state index contributed by atoms with van der Waals surface area (Å²) in [6.45, 7) is 0.569. The van der Waals surface area contributed by atoms with Gasteiger partial charge in [0.1, 0.15) is 5.82 Å². The largest absolute Gasteiger partial charge is 0.341 e. The monoisotopic (exact) mass is 385 g/mol. The molecule has 1 saturated carbocycles. The Bertz CT molecular complexity index is 717. The summed E-state index contributed by atoms with van der Waals surface area (Å²) in [7, 11) is -3.47. The molecule has 25 heavy (non-hydrogen) atoms. The Hall–Kier alpha value is -1.08. The summed E-state index contributed by atoms with van der Waals surface area (Å²) in [5, 5.41) is -0.306. The Morgan fingerprint density at radius 1 is 1.16 bits per heavy atom. The first-order valence-electron chi connectivity index (χ1n) is 8.83.